The van der Waals surface area contributed by atoms with E-state index in [1.165, 1.54) is 0 Å². The molecule has 68 valence electrons. The molecular formula is C9H13ClO2. The number of halogens is 1. The summed E-state index contributed by atoms with van der Waals surface area (Å²) in [7, 11) is 1.00. The molecule has 2 nitrogen and oxygen atoms in total. The van der Waals surface area contributed by atoms with E-state index in [0.717, 1.165) is 17.7 Å². The van der Waals surface area contributed by atoms with Crippen LogP contribution < -0.4 is 0 Å². The molecule has 0 heterocycles. The Balaban J connectivity index is 0.000000561. The van der Waals surface area contributed by atoms with Crippen LogP contribution in [0.25, 0.3) is 0 Å². The largest absolute Gasteiger partial charge is 0.400 e. The van der Waals surface area contributed by atoms with E-state index in [4.69, 9.17) is 21.8 Å². The molecule has 0 amide bonds. The van der Waals surface area contributed by atoms with Gasteiger partial charge in [-0.2, -0.15) is 0 Å². The zero-order valence-electron chi connectivity index (χ0n) is 7.00. The lowest BCUT2D eigenvalue weighted by Crippen LogP contribution is -1.90. The van der Waals surface area contributed by atoms with Crippen molar-refractivity contribution in [2.45, 2.75) is 6.42 Å². The van der Waals surface area contributed by atoms with Crippen LogP contribution in [0.15, 0.2) is 24.3 Å². The molecule has 1 aromatic rings. The molecule has 0 aliphatic rings. The van der Waals surface area contributed by atoms with Gasteiger partial charge < -0.3 is 10.2 Å². The standard InChI is InChI=1S/C8H9ClO.CH4O/c9-8-4-2-1-3-7(8)5-6-10;1-2/h1-4,10H,5-6H2;2H,1H3. The van der Waals surface area contributed by atoms with Gasteiger partial charge in [-0.1, -0.05) is 29.8 Å². The highest BCUT2D eigenvalue weighted by atomic mass is 35.5. The second-order valence-corrected chi connectivity index (χ2v) is 2.47. The van der Waals surface area contributed by atoms with Gasteiger partial charge in [0.1, 0.15) is 0 Å². The normalized spacial score (nSPS) is 8.67. The van der Waals surface area contributed by atoms with Crippen LogP contribution >= 0.6 is 11.6 Å². The predicted molar refractivity (Wildman–Crippen MR) is 50.4 cm³/mol. The summed E-state index contributed by atoms with van der Waals surface area (Å²) in [6.07, 6.45) is 0.639. The van der Waals surface area contributed by atoms with Crippen LogP contribution in [-0.4, -0.2) is 23.9 Å². The van der Waals surface area contributed by atoms with Gasteiger partial charge in [-0.15, -0.1) is 0 Å². The van der Waals surface area contributed by atoms with E-state index < -0.39 is 0 Å². The molecule has 0 fully saturated rings. The maximum atomic E-state index is 8.59. The molecule has 1 aromatic carbocycles. The lowest BCUT2D eigenvalue weighted by molar-refractivity contribution is 0.299. The molecule has 0 aliphatic carbocycles. The van der Waals surface area contributed by atoms with Crippen molar-refractivity contribution in [1.29, 1.82) is 0 Å². The first-order chi connectivity index (χ1) is 5.84. The minimum atomic E-state index is 0.156. The Morgan fingerprint density at radius 3 is 2.33 bits per heavy atom. The average Bonchev–Trinajstić information content (AvgIpc) is 2.13. The van der Waals surface area contributed by atoms with Gasteiger partial charge in [0.05, 0.1) is 0 Å². The monoisotopic (exact) mass is 188 g/mol. The van der Waals surface area contributed by atoms with Gasteiger partial charge in [0.2, 0.25) is 0 Å². The van der Waals surface area contributed by atoms with Crippen molar-refractivity contribution in [3.8, 4) is 0 Å². The molecule has 0 unspecified atom stereocenters. The van der Waals surface area contributed by atoms with E-state index in [0.29, 0.717) is 6.42 Å². The van der Waals surface area contributed by atoms with Crippen LogP contribution in [-0.2, 0) is 6.42 Å². The zero-order chi connectivity index (χ0) is 9.40. The summed E-state index contributed by atoms with van der Waals surface area (Å²) >= 11 is 5.79. The summed E-state index contributed by atoms with van der Waals surface area (Å²) in [4.78, 5) is 0. The van der Waals surface area contributed by atoms with Gasteiger partial charge in [0.25, 0.3) is 0 Å². The topological polar surface area (TPSA) is 40.5 Å². The third kappa shape index (κ3) is 3.72. The van der Waals surface area contributed by atoms with Crippen LogP contribution in [0.2, 0.25) is 5.02 Å². The quantitative estimate of drug-likeness (QED) is 0.738. The molecule has 0 aliphatic heterocycles. The smallest absolute Gasteiger partial charge is 0.0471 e. The van der Waals surface area contributed by atoms with Gasteiger partial charge in [0.15, 0.2) is 0 Å². The number of hydrogen-bond acceptors (Lipinski definition) is 2. The lowest BCUT2D eigenvalue weighted by Gasteiger charge is -1.98. The van der Waals surface area contributed by atoms with Gasteiger partial charge in [-0.05, 0) is 18.1 Å². The van der Waals surface area contributed by atoms with Crippen LogP contribution in [0.3, 0.4) is 0 Å². The van der Waals surface area contributed by atoms with Crippen LogP contribution in [0.1, 0.15) is 5.56 Å². The molecule has 0 spiro atoms. The SMILES string of the molecule is CO.OCCc1ccccc1Cl. The second kappa shape index (κ2) is 7.10. The van der Waals surface area contributed by atoms with Crippen LogP contribution in [0.4, 0.5) is 0 Å². The fraction of sp³-hybridized carbons (Fsp3) is 0.333. The van der Waals surface area contributed by atoms with Crippen molar-refractivity contribution in [1.82, 2.24) is 0 Å². The van der Waals surface area contributed by atoms with E-state index in [9.17, 15) is 0 Å². The number of rotatable bonds is 2. The number of benzene rings is 1. The van der Waals surface area contributed by atoms with Crippen molar-refractivity contribution >= 4 is 11.6 Å². The molecular weight excluding hydrogens is 176 g/mol. The van der Waals surface area contributed by atoms with Crippen molar-refractivity contribution in [3.05, 3.63) is 34.9 Å². The fourth-order valence-corrected chi connectivity index (χ4v) is 1.05. The maximum Gasteiger partial charge on any atom is 0.0471 e. The Morgan fingerprint density at radius 2 is 1.83 bits per heavy atom. The maximum absolute atomic E-state index is 8.59. The summed E-state index contributed by atoms with van der Waals surface area (Å²) in [5, 5.41) is 16.3. The number of hydrogen-bond donors (Lipinski definition) is 2. The van der Waals surface area contributed by atoms with Gasteiger partial charge >= 0.3 is 0 Å². The molecule has 0 saturated carbocycles. The molecule has 2 N–H and O–H groups in total. The molecule has 0 aromatic heterocycles. The lowest BCUT2D eigenvalue weighted by atomic mass is 10.2. The Bertz CT molecular complexity index is 213. The molecule has 1 rings (SSSR count). The van der Waals surface area contributed by atoms with Gasteiger partial charge in [0, 0.05) is 18.7 Å². The third-order valence-electron chi connectivity index (χ3n) is 1.34. The van der Waals surface area contributed by atoms with E-state index in [1.54, 1.807) is 0 Å². The number of aliphatic hydroxyl groups is 2. The van der Waals surface area contributed by atoms with Crippen molar-refractivity contribution < 1.29 is 10.2 Å². The Morgan fingerprint density at radius 1 is 1.25 bits per heavy atom. The summed E-state index contributed by atoms with van der Waals surface area (Å²) in [6, 6.07) is 7.53. The van der Waals surface area contributed by atoms with Crippen molar-refractivity contribution in [2.75, 3.05) is 13.7 Å². The minimum absolute atomic E-state index is 0.156. The highest BCUT2D eigenvalue weighted by Gasteiger charge is 1.95. The average molecular weight is 189 g/mol. The van der Waals surface area contributed by atoms with E-state index in [-0.39, 0.29) is 6.61 Å². The zero-order valence-corrected chi connectivity index (χ0v) is 7.75. The molecule has 0 radical (unpaired) electrons. The molecule has 3 heteroatoms. The molecule has 12 heavy (non-hydrogen) atoms. The van der Waals surface area contributed by atoms with Crippen LogP contribution in [0.5, 0.6) is 0 Å². The highest BCUT2D eigenvalue weighted by molar-refractivity contribution is 6.31. The first-order valence-corrected chi connectivity index (χ1v) is 4.01. The molecule has 0 saturated heterocycles. The Kier molecular flexibility index (Phi) is 6.76. The van der Waals surface area contributed by atoms with Crippen LogP contribution in [0, 0.1) is 0 Å². The van der Waals surface area contributed by atoms with E-state index in [2.05, 4.69) is 0 Å². The summed E-state index contributed by atoms with van der Waals surface area (Å²) in [5.41, 5.74) is 1.01. The van der Waals surface area contributed by atoms with Gasteiger partial charge in [-0.25, -0.2) is 0 Å². The second-order valence-electron chi connectivity index (χ2n) is 2.07. The van der Waals surface area contributed by atoms with Crippen molar-refractivity contribution in [2.24, 2.45) is 0 Å². The van der Waals surface area contributed by atoms with Crippen molar-refractivity contribution in [3.63, 3.8) is 0 Å². The Hall–Kier alpha value is -0.570. The Labute approximate surface area is 77.4 Å². The predicted octanol–water partition coefficient (Wildman–Crippen LogP) is 1.48. The summed E-state index contributed by atoms with van der Waals surface area (Å²) in [6.45, 7) is 0.156. The number of aliphatic hydroxyl groups excluding tert-OH is 2. The van der Waals surface area contributed by atoms with E-state index >= 15 is 0 Å². The molecule has 0 atom stereocenters. The highest BCUT2D eigenvalue weighted by Crippen LogP contribution is 2.14. The third-order valence-corrected chi connectivity index (χ3v) is 1.71. The minimum Gasteiger partial charge on any atom is -0.400 e. The summed E-state index contributed by atoms with van der Waals surface area (Å²) < 4.78 is 0. The first-order valence-electron chi connectivity index (χ1n) is 3.63. The summed E-state index contributed by atoms with van der Waals surface area (Å²) in [5.74, 6) is 0. The fourth-order valence-electron chi connectivity index (χ4n) is 0.822. The first kappa shape index (κ1) is 11.4. The van der Waals surface area contributed by atoms with Gasteiger partial charge in [-0.3, -0.25) is 0 Å². The van der Waals surface area contributed by atoms with E-state index in [1.807, 2.05) is 24.3 Å². The molecule has 0 bridgehead atoms.